The normalized spacial score (nSPS) is 14.4. The number of hydrogen-bond donors (Lipinski definition) is 1. The summed E-state index contributed by atoms with van der Waals surface area (Å²) in [6.45, 7) is 8.74. The Labute approximate surface area is 169 Å². The Bertz CT molecular complexity index is 1010. The summed E-state index contributed by atoms with van der Waals surface area (Å²) in [6, 6.07) is 2.67. The molecule has 156 valence electrons. The highest BCUT2D eigenvalue weighted by Crippen LogP contribution is 2.33. The lowest BCUT2D eigenvalue weighted by molar-refractivity contribution is -0.136. The van der Waals surface area contributed by atoms with Gasteiger partial charge in [0.05, 0.1) is 0 Å². The van der Waals surface area contributed by atoms with Crippen LogP contribution < -0.4 is 15.7 Å². The second kappa shape index (κ2) is 7.89. The zero-order chi connectivity index (χ0) is 21.3. The molecule has 1 aromatic carbocycles. The van der Waals surface area contributed by atoms with Gasteiger partial charge in [0.1, 0.15) is 23.0 Å². The zero-order valence-electron chi connectivity index (χ0n) is 17.5. The van der Waals surface area contributed by atoms with Crippen LogP contribution in [0.2, 0.25) is 0 Å². The molecule has 0 aliphatic heterocycles. The van der Waals surface area contributed by atoms with Gasteiger partial charge in [0.2, 0.25) is 0 Å². The molecule has 0 spiro atoms. The molecule has 1 heterocycles. The number of amides is 1. The highest BCUT2D eigenvalue weighted by atomic mass is 16.6. The van der Waals surface area contributed by atoms with Gasteiger partial charge in [-0.25, -0.2) is 14.4 Å². The first-order valence-electron chi connectivity index (χ1n) is 9.90. The van der Waals surface area contributed by atoms with E-state index in [9.17, 15) is 14.4 Å². The maximum Gasteiger partial charge on any atom is 0.408 e. The molecule has 1 atom stereocenters. The van der Waals surface area contributed by atoms with Gasteiger partial charge in [0.15, 0.2) is 0 Å². The first kappa shape index (κ1) is 20.9. The van der Waals surface area contributed by atoms with Crippen LogP contribution in [-0.4, -0.2) is 23.7 Å². The van der Waals surface area contributed by atoms with Crippen molar-refractivity contribution in [2.45, 2.75) is 71.9 Å². The Hall–Kier alpha value is -2.83. The van der Waals surface area contributed by atoms with Gasteiger partial charge in [0, 0.05) is 16.5 Å². The SMILES string of the molecule is CC[C@H](NC(=O)OC(C)(C)C)C(=O)Oc1ccc2c3c(c(=O)oc2c1C)CCC3. The molecule has 3 rings (SSSR count). The van der Waals surface area contributed by atoms with Gasteiger partial charge in [-0.05, 0) is 71.1 Å². The molecule has 0 saturated carbocycles. The largest absolute Gasteiger partial charge is 0.444 e. The van der Waals surface area contributed by atoms with Crippen LogP contribution in [-0.2, 0) is 22.4 Å². The monoisotopic (exact) mass is 401 g/mol. The molecular formula is C22H27NO6. The number of benzene rings is 1. The van der Waals surface area contributed by atoms with E-state index in [4.69, 9.17) is 13.9 Å². The molecule has 1 aliphatic rings. The fourth-order valence-electron chi connectivity index (χ4n) is 3.53. The van der Waals surface area contributed by atoms with Crippen molar-refractivity contribution in [3.63, 3.8) is 0 Å². The minimum Gasteiger partial charge on any atom is -0.444 e. The van der Waals surface area contributed by atoms with Crippen molar-refractivity contribution in [3.8, 4) is 5.75 Å². The second-order valence-electron chi connectivity index (χ2n) is 8.29. The number of rotatable bonds is 4. The summed E-state index contributed by atoms with van der Waals surface area (Å²) in [5.41, 5.74) is 1.79. The topological polar surface area (TPSA) is 94.8 Å². The smallest absolute Gasteiger partial charge is 0.408 e. The molecule has 0 unspecified atom stereocenters. The zero-order valence-corrected chi connectivity index (χ0v) is 17.5. The third-order valence-corrected chi connectivity index (χ3v) is 4.93. The van der Waals surface area contributed by atoms with Crippen LogP contribution >= 0.6 is 0 Å². The number of aryl methyl sites for hydroxylation is 2. The summed E-state index contributed by atoms with van der Waals surface area (Å²) in [7, 11) is 0. The van der Waals surface area contributed by atoms with E-state index in [1.807, 2.05) is 6.07 Å². The lowest BCUT2D eigenvalue weighted by atomic mass is 10.0. The van der Waals surface area contributed by atoms with Gasteiger partial charge in [-0.15, -0.1) is 0 Å². The molecule has 1 N–H and O–H groups in total. The number of carbonyl (C=O) groups is 2. The highest BCUT2D eigenvalue weighted by Gasteiger charge is 2.26. The number of ether oxygens (including phenoxy) is 2. The third kappa shape index (κ3) is 4.44. The molecule has 0 saturated heterocycles. The number of carbonyl (C=O) groups excluding carboxylic acids is 2. The Morgan fingerprint density at radius 1 is 1.21 bits per heavy atom. The molecule has 7 heteroatoms. The van der Waals surface area contributed by atoms with Gasteiger partial charge in [-0.3, -0.25) is 0 Å². The van der Waals surface area contributed by atoms with Crippen molar-refractivity contribution in [2.24, 2.45) is 0 Å². The lowest BCUT2D eigenvalue weighted by Gasteiger charge is -2.22. The molecule has 1 aliphatic carbocycles. The van der Waals surface area contributed by atoms with E-state index in [1.165, 1.54) is 0 Å². The van der Waals surface area contributed by atoms with Gasteiger partial charge < -0.3 is 19.2 Å². The quantitative estimate of drug-likeness (QED) is 0.476. The van der Waals surface area contributed by atoms with Gasteiger partial charge in [0.25, 0.3) is 0 Å². The summed E-state index contributed by atoms with van der Waals surface area (Å²) < 4.78 is 16.3. The van der Waals surface area contributed by atoms with Crippen LogP contribution in [0.1, 0.15) is 57.2 Å². The number of fused-ring (bicyclic) bond motifs is 3. The predicted octanol–water partition coefficient (Wildman–Crippen LogP) is 3.80. The van der Waals surface area contributed by atoms with E-state index in [2.05, 4.69) is 5.32 Å². The van der Waals surface area contributed by atoms with Gasteiger partial charge in [-0.2, -0.15) is 0 Å². The van der Waals surface area contributed by atoms with Crippen molar-refractivity contribution in [3.05, 3.63) is 39.2 Å². The molecule has 1 aromatic heterocycles. The number of hydrogen-bond acceptors (Lipinski definition) is 6. The van der Waals surface area contributed by atoms with Crippen molar-refractivity contribution in [1.29, 1.82) is 0 Å². The molecular weight excluding hydrogens is 374 g/mol. The minimum absolute atomic E-state index is 0.299. The summed E-state index contributed by atoms with van der Waals surface area (Å²) in [5.74, 6) is -0.308. The van der Waals surface area contributed by atoms with Crippen LogP contribution in [0.3, 0.4) is 0 Å². The van der Waals surface area contributed by atoms with E-state index in [1.54, 1.807) is 40.7 Å². The highest BCUT2D eigenvalue weighted by molar-refractivity contribution is 5.88. The van der Waals surface area contributed by atoms with Crippen molar-refractivity contribution in [1.82, 2.24) is 5.32 Å². The van der Waals surface area contributed by atoms with Crippen LogP contribution in [0, 0.1) is 6.92 Å². The molecule has 7 nitrogen and oxygen atoms in total. The maximum absolute atomic E-state index is 12.6. The summed E-state index contributed by atoms with van der Waals surface area (Å²) in [5, 5.41) is 3.42. The Morgan fingerprint density at radius 3 is 2.55 bits per heavy atom. The molecule has 29 heavy (non-hydrogen) atoms. The number of esters is 1. The number of nitrogens with one attached hydrogen (secondary N) is 1. The fraction of sp³-hybridized carbons (Fsp3) is 0.500. The van der Waals surface area contributed by atoms with Crippen molar-refractivity contribution < 1.29 is 23.5 Å². The fourth-order valence-corrected chi connectivity index (χ4v) is 3.53. The molecule has 0 bridgehead atoms. The Morgan fingerprint density at radius 2 is 1.90 bits per heavy atom. The Balaban J connectivity index is 1.83. The second-order valence-corrected chi connectivity index (χ2v) is 8.29. The van der Waals surface area contributed by atoms with Gasteiger partial charge in [-0.1, -0.05) is 6.92 Å². The van der Waals surface area contributed by atoms with E-state index in [0.29, 0.717) is 23.3 Å². The average Bonchev–Trinajstić information content (AvgIpc) is 3.11. The number of alkyl carbamates (subject to hydrolysis) is 1. The van der Waals surface area contributed by atoms with E-state index >= 15 is 0 Å². The first-order valence-corrected chi connectivity index (χ1v) is 9.90. The van der Waals surface area contributed by atoms with E-state index in [0.717, 1.165) is 35.8 Å². The minimum atomic E-state index is -0.855. The van der Waals surface area contributed by atoms with Crippen molar-refractivity contribution in [2.75, 3.05) is 0 Å². The van der Waals surface area contributed by atoms with Gasteiger partial charge >= 0.3 is 17.7 Å². The van der Waals surface area contributed by atoms with Crippen LogP contribution in [0.25, 0.3) is 11.0 Å². The summed E-state index contributed by atoms with van der Waals surface area (Å²) >= 11 is 0. The van der Waals surface area contributed by atoms with Crippen LogP contribution in [0.4, 0.5) is 4.79 Å². The van der Waals surface area contributed by atoms with E-state index in [-0.39, 0.29) is 5.63 Å². The average molecular weight is 401 g/mol. The predicted molar refractivity (Wildman–Crippen MR) is 108 cm³/mol. The molecule has 1 amide bonds. The summed E-state index contributed by atoms with van der Waals surface area (Å²) in [4.78, 5) is 36.8. The van der Waals surface area contributed by atoms with Crippen LogP contribution in [0.15, 0.2) is 21.3 Å². The Kier molecular flexibility index (Phi) is 5.68. The standard InChI is InChI=1S/C22H27NO6/c1-6-16(23-21(26)29-22(3,4)5)20(25)27-17-11-10-14-13-8-7-9-15(13)19(24)28-18(14)12(17)2/h10-11,16H,6-9H2,1-5H3,(H,23,26)/t16-/m0/s1. The first-order chi connectivity index (χ1) is 13.6. The maximum atomic E-state index is 12.6. The molecule has 0 radical (unpaired) electrons. The molecule has 0 fully saturated rings. The lowest BCUT2D eigenvalue weighted by Crippen LogP contribution is -2.44. The molecule has 2 aromatic rings. The van der Waals surface area contributed by atoms with Crippen molar-refractivity contribution >= 4 is 23.0 Å². The van der Waals surface area contributed by atoms with E-state index < -0.39 is 23.7 Å². The summed E-state index contributed by atoms with van der Waals surface area (Å²) in [6.07, 6.45) is 2.17. The van der Waals surface area contributed by atoms with Crippen LogP contribution in [0.5, 0.6) is 5.75 Å². The third-order valence-electron chi connectivity index (χ3n) is 4.93.